The van der Waals surface area contributed by atoms with Gasteiger partial charge in [0.2, 0.25) is 6.79 Å². The van der Waals surface area contributed by atoms with E-state index in [1.165, 1.54) is 0 Å². The average Bonchev–Trinajstić information content (AvgIpc) is 3.45. The number of aliphatic hydroxyl groups excluding tert-OH is 1. The lowest BCUT2D eigenvalue weighted by Crippen LogP contribution is -2.74. The fourth-order valence-electron chi connectivity index (χ4n) is 7.73. The molecule has 2 bridgehead atoms. The zero-order chi connectivity index (χ0) is 29.9. The summed E-state index contributed by atoms with van der Waals surface area (Å²) in [6, 6.07) is 1.87. The van der Waals surface area contributed by atoms with Gasteiger partial charge in [-0.25, -0.2) is 0 Å². The minimum Gasteiger partial charge on any atom is -0.493 e. The van der Waals surface area contributed by atoms with Crippen molar-refractivity contribution in [2.45, 2.75) is 62.5 Å². The molecule has 3 saturated heterocycles. The molecule has 0 spiro atoms. The Kier molecular flexibility index (Phi) is 7.45. The summed E-state index contributed by atoms with van der Waals surface area (Å²) in [6.45, 7) is 3.77. The highest BCUT2D eigenvalue weighted by molar-refractivity contribution is 6.06. The van der Waals surface area contributed by atoms with E-state index < -0.39 is 42.2 Å². The van der Waals surface area contributed by atoms with E-state index >= 15 is 0 Å². The lowest BCUT2D eigenvalue weighted by molar-refractivity contribution is -0.150. The van der Waals surface area contributed by atoms with Crippen molar-refractivity contribution in [1.29, 1.82) is 5.26 Å². The van der Waals surface area contributed by atoms with Crippen LogP contribution in [0.15, 0.2) is 28.7 Å². The number of fused-ring (bicyclic) bond motifs is 8. The van der Waals surface area contributed by atoms with Crippen molar-refractivity contribution in [2.24, 2.45) is 0 Å². The van der Waals surface area contributed by atoms with Gasteiger partial charge in [-0.15, -0.1) is 0 Å². The van der Waals surface area contributed by atoms with Gasteiger partial charge < -0.3 is 38.6 Å². The maximum absolute atomic E-state index is 13.8. The molecule has 1 aliphatic carbocycles. The van der Waals surface area contributed by atoms with Gasteiger partial charge >= 0.3 is 0 Å². The van der Waals surface area contributed by atoms with Crippen LogP contribution < -0.4 is 9.47 Å². The van der Waals surface area contributed by atoms with Crippen LogP contribution in [0.25, 0.3) is 0 Å². The molecule has 6 rings (SSSR count). The summed E-state index contributed by atoms with van der Waals surface area (Å²) < 4.78 is 34.2. The molecule has 42 heavy (non-hydrogen) atoms. The maximum Gasteiger partial charge on any atom is 0.231 e. The van der Waals surface area contributed by atoms with Crippen LogP contribution in [0.2, 0.25) is 0 Å². The third kappa shape index (κ3) is 3.99. The molecule has 0 saturated carbocycles. The minimum atomic E-state index is -1.95. The number of hydrogen-bond donors (Lipinski definition) is 2. The quantitative estimate of drug-likeness (QED) is 0.334. The van der Waals surface area contributed by atoms with E-state index in [9.17, 15) is 20.3 Å². The molecule has 2 N–H and O–H groups in total. The van der Waals surface area contributed by atoms with E-state index in [1.807, 2.05) is 18.9 Å². The molecule has 6 atom stereocenters. The summed E-state index contributed by atoms with van der Waals surface area (Å²) in [7, 11) is 5.14. The van der Waals surface area contributed by atoms with Crippen molar-refractivity contribution in [3.8, 4) is 17.6 Å². The van der Waals surface area contributed by atoms with Crippen molar-refractivity contribution in [3.63, 3.8) is 0 Å². The monoisotopic (exact) mass is 583 g/mol. The summed E-state index contributed by atoms with van der Waals surface area (Å²) in [6.07, 6.45) is 0.529. The summed E-state index contributed by atoms with van der Waals surface area (Å²) in [5, 5.41) is 33.6. The Morgan fingerprint density at radius 3 is 2.62 bits per heavy atom. The van der Waals surface area contributed by atoms with Gasteiger partial charge in [0, 0.05) is 42.3 Å². The van der Waals surface area contributed by atoms with Crippen molar-refractivity contribution < 1.29 is 43.4 Å². The Labute approximate surface area is 244 Å². The number of nitrogens with zero attached hydrogens (tertiary/aromatic N) is 3. The second-order valence-corrected chi connectivity index (χ2v) is 11.5. The molecule has 12 nitrogen and oxygen atoms in total. The number of aryl methyl sites for hydroxylation is 1. The molecule has 1 aromatic rings. The van der Waals surface area contributed by atoms with Crippen LogP contribution in [0.4, 0.5) is 0 Å². The third-order valence-electron chi connectivity index (χ3n) is 9.45. The zero-order valence-electron chi connectivity index (χ0n) is 24.5. The first-order chi connectivity index (χ1) is 20.2. The molecule has 0 amide bonds. The van der Waals surface area contributed by atoms with Crippen LogP contribution in [-0.2, 0) is 30.2 Å². The number of piperazine rings is 1. The van der Waals surface area contributed by atoms with Crippen molar-refractivity contribution in [2.75, 3.05) is 54.7 Å². The number of piperidine rings is 1. The highest BCUT2D eigenvalue weighted by atomic mass is 16.7. The molecule has 3 fully saturated rings. The van der Waals surface area contributed by atoms with Crippen LogP contribution in [0, 0.1) is 18.3 Å². The first-order valence-corrected chi connectivity index (χ1v) is 14.1. The number of ether oxygens (including phenoxy) is 6. The van der Waals surface area contributed by atoms with Crippen molar-refractivity contribution in [3.05, 3.63) is 45.4 Å². The van der Waals surface area contributed by atoms with Crippen LogP contribution in [0.3, 0.4) is 0 Å². The van der Waals surface area contributed by atoms with Crippen molar-refractivity contribution in [1.82, 2.24) is 9.80 Å². The number of rotatable bonds is 8. The molecule has 5 aliphatic rings. The zero-order valence-corrected chi connectivity index (χ0v) is 24.5. The van der Waals surface area contributed by atoms with E-state index in [0.29, 0.717) is 31.1 Å². The number of methoxy groups -OCH3 is 2. The lowest BCUT2D eigenvalue weighted by atomic mass is 9.65. The second-order valence-electron chi connectivity index (χ2n) is 11.5. The molecule has 2 unspecified atom stereocenters. The smallest absolute Gasteiger partial charge is 0.231 e. The van der Waals surface area contributed by atoms with E-state index in [0.717, 1.165) is 16.7 Å². The fourth-order valence-corrected chi connectivity index (χ4v) is 7.73. The molecule has 0 aromatic heterocycles. The fraction of sp³-hybridized carbons (Fsp3) is 0.600. The summed E-state index contributed by atoms with van der Waals surface area (Å²) in [4.78, 5) is 17.9. The average molecular weight is 584 g/mol. The van der Waals surface area contributed by atoms with Gasteiger partial charge in [0.25, 0.3) is 0 Å². The number of ketones is 1. The number of carbonyl (C=O) groups excluding carboxylic acids is 1. The predicted molar refractivity (Wildman–Crippen MR) is 146 cm³/mol. The van der Waals surface area contributed by atoms with E-state index in [4.69, 9.17) is 28.4 Å². The first-order valence-electron chi connectivity index (χ1n) is 14.1. The standard InChI is InChI=1S/C30H37N3O9/c1-15-8-17-9-18-20(11-31)33-19(24(32(18)3)22(17)27(25(15)38-5)40-13-39-7-6-37-4)10-30(36)23(21(33)12-34)28-26(41-14-42-28)16(2)29(30)35/h8,18-21,24,34,36H,6-7,9-10,12-14H2,1-5H3/t18-,19?,20-,21-,24-,30?/m0/s1. The Hall–Kier alpha value is -3.18. The molecular formula is C30H37N3O9. The largest absolute Gasteiger partial charge is 0.493 e. The number of Topliss-reactive ketones (excluding diaryl/α,β-unsaturated/α-hetero) is 1. The highest BCUT2D eigenvalue weighted by Gasteiger charge is 2.64. The summed E-state index contributed by atoms with van der Waals surface area (Å²) in [5.74, 6) is 1.17. The van der Waals surface area contributed by atoms with Gasteiger partial charge in [-0.2, -0.15) is 5.26 Å². The number of nitriles is 1. The Morgan fingerprint density at radius 1 is 1.17 bits per heavy atom. The van der Waals surface area contributed by atoms with Gasteiger partial charge in [-0.05, 0) is 38.4 Å². The third-order valence-corrected chi connectivity index (χ3v) is 9.45. The normalized spacial score (nSPS) is 31.9. The SMILES string of the molecule is COCCOCOc1c(OC)c(C)cc2c1[C@@H]1C3CC4(O)C(=O)C(C)=C5OCOC5=C4[C@H](CO)N3[C@@H](C#N)[C@H](C2)N1C. The van der Waals surface area contributed by atoms with Gasteiger partial charge in [0.05, 0.1) is 45.1 Å². The van der Waals surface area contributed by atoms with Crippen LogP contribution in [0.5, 0.6) is 11.5 Å². The van der Waals surface area contributed by atoms with Gasteiger partial charge in [0.1, 0.15) is 6.04 Å². The molecular weight excluding hydrogens is 546 g/mol. The van der Waals surface area contributed by atoms with E-state index in [-0.39, 0.29) is 48.7 Å². The molecule has 4 heterocycles. The topological polar surface area (TPSA) is 143 Å². The number of likely N-dealkylation sites (N-methyl/N-ethyl adjacent to an activating group) is 1. The summed E-state index contributed by atoms with van der Waals surface area (Å²) in [5.41, 5.74) is 1.33. The van der Waals surface area contributed by atoms with E-state index in [1.54, 1.807) is 21.1 Å². The maximum atomic E-state index is 13.8. The Balaban J connectivity index is 1.51. The molecule has 0 radical (unpaired) electrons. The van der Waals surface area contributed by atoms with Gasteiger partial charge in [-0.1, -0.05) is 6.07 Å². The lowest BCUT2D eigenvalue weighted by Gasteiger charge is -2.62. The number of benzene rings is 1. The van der Waals surface area contributed by atoms with E-state index in [2.05, 4.69) is 17.0 Å². The minimum absolute atomic E-state index is 0.0194. The second kappa shape index (κ2) is 10.8. The molecule has 1 aromatic carbocycles. The first kappa shape index (κ1) is 28.9. The Bertz CT molecular complexity index is 1400. The molecule has 226 valence electrons. The number of carbonyl (C=O) groups is 1. The molecule has 12 heteroatoms. The predicted octanol–water partition coefficient (Wildman–Crippen LogP) is 1.09. The Morgan fingerprint density at radius 2 is 1.93 bits per heavy atom. The van der Waals surface area contributed by atoms with Gasteiger partial charge in [0.15, 0.2) is 41.2 Å². The van der Waals surface area contributed by atoms with Crippen LogP contribution in [-0.4, -0.2) is 110 Å². The van der Waals surface area contributed by atoms with Crippen LogP contribution >= 0.6 is 0 Å². The van der Waals surface area contributed by atoms with Crippen LogP contribution in [0.1, 0.15) is 36.1 Å². The number of aliphatic hydroxyl groups is 2. The van der Waals surface area contributed by atoms with Crippen molar-refractivity contribution >= 4 is 5.78 Å². The number of hydrogen-bond acceptors (Lipinski definition) is 12. The van der Waals surface area contributed by atoms with Gasteiger partial charge in [-0.3, -0.25) is 14.6 Å². The highest BCUT2D eigenvalue weighted by Crippen LogP contribution is 2.56. The summed E-state index contributed by atoms with van der Waals surface area (Å²) >= 11 is 0. The molecule has 4 aliphatic heterocycles.